The topological polar surface area (TPSA) is 102 Å². The molecule has 0 atom stereocenters. The summed E-state index contributed by atoms with van der Waals surface area (Å²) in [6.45, 7) is 5.05. The van der Waals surface area contributed by atoms with E-state index in [0.717, 1.165) is 0 Å². The van der Waals surface area contributed by atoms with Gasteiger partial charge in [0.15, 0.2) is 18.1 Å². The molecule has 2 amide bonds. The largest absolute Gasteiger partial charge is 0.482 e. The molecule has 1 N–H and O–H groups in total. The van der Waals surface area contributed by atoms with Crippen molar-refractivity contribution in [2.24, 2.45) is 0 Å². The van der Waals surface area contributed by atoms with Gasteiger partial charge in [-0.3, -0.25) is 19.3 Å². The van der Waals surface area contributed by atoms with Gasteiger partial charge in [0.25, 0.3) is 11.8 Å². The molecule has 136 valence electrons. The van der Waals surface area contributed by atoms with Crippen LogP contribution in [0.4, 0.5) is 5.69 Å². The van der Waals surface area contributed by atoms with E-state index in [2.05, 4.69) is 10.3 Å². The highest BCUT2D eigenvalue weighted by molar-refractivity contribution is 6.01. The van der Waals surface area contributed by atoms with Crippen molar-refractivity contribution in [3.05, 3.63) is 41.6 Å². The van der Waals surface area contributed by atoms with Gasteiger partial charge in [0, 0.05) is 11.6 Å². The first-order valence-electron chi connectivity index (χ1n) is 8.18. The van der Waals surface area contributed by atoms with Gasteiger partial charge in [0.1, 0.15) is 18.6 Å². The van der Waals surface area contributed by atoms with Gasteiger partial charge in [-0.1, -0.05) is 0 Å². The van der Waals surface area contributed by atoms with Gasteiger partial charge >= 0.3 is 0 Å². The summed E-state index contributed by atoms with van der Waals surface area (Å²) in [6, 6.07) is 4.88. The van der Waals surface area contributed by atoms with Crippen molar-refractivity contribution in [2.75, 3.05) is 11.5 Å². The predicted octanol–water partition coefficient (Wildman–Crippen LogP) is 1.94. The molecule has 0 aliphatic carbocycles. The number of ketones is 1. The van der Waals surface area contributed by atoms with Crippen molar-refractivity contribution in [2.45, 2.75) is 33.4 Å². The summed E-state index contributed by atoms with van der Waals surface area (Å²) < 4.78 is 10.7. The summed E-state index contributed by atoms with van der Waals surface area (Å²) in [7, 11) is 0. The maximum atomic E-state index is 12.3. The van der Waals surface area contributed by atoms with Crippen molar-refractivity contribution in [3.63, 3.8) is 0 Å². The Hall–Kier alpha value is -3.16. The number of ether oxygens (including phenoxy) is 1. The maximum absolute atomic E-state index is 12.3. The molecule has 0 saturated carbocycles. The van der Waals surface area contributed by atoms with Crippen LogP contribution in [0.5, 0.6) is 5.75 Å². The number of fused-ring (bicyclic) bond motifs is 1. The number of hydrogen-bond donors (Lipinski definition) is 1. The van der Waals surface area contributed by atoms with Crippen LogP contribution in [0.25, 0.3) is 0 Å². The third-order valence-corrected chi connectivity index (χ3v) is 3.81. The summed E-state index contributed by atoms with van der Waals surface area (Å²) in [4.78, 5) is 41.5. The highest BCUT2D eigenvalue weighted by atomic mass is 16.5. The van der Waals surface area contributed by atoms with Crippen molar-refractivity contribution in [1.82, 2.24) is 10.3 Å². The summed E-state index contributed by atoms with van der Waals surface area (Å²) in [5, 5.41) is 2.72. The number of anilines is 1. The molecule has 1 aliphatic rings. The summed E-state index contributed by atoms with van der Waals surface area (Å²) in [5.74, 6) is -0.0334. The molecule has 1 aromatic heterocycles. The SMILES string of the molecule is CC(=O)c1ccc2c(c1)N(Cc1nc(C(=O)NC(C)C)co1)C(=O)CO2. The Morgan fingerprint density at radius 2 is 2.12 bits per heavy atom. The molecule has 0 unspecified atom stereocenters. The van der Waals surface area contributed by atoms with Gasteiger partial charge in [-0.2, -0.15) is 0 Å². The highest BCUT2D eigenvalue weighted by Gasteiger charge is 2.28. The Balaban J connectivity index is 1.85. The quantitative estimate of drug-likeness (QED) is 0.821. The summed E-state index contributed by atoms with van der Waals surface area (Å²) in [5.41, 5.74) is 1.09. The molecule has 3 rings (SSSR count). The lowest BCUT2D eigenvalue weighted by molar-refractivity contribution is -0.121. The molecule has 0 radical (unpaired) electrons. The van der Waals surface area contributed by atoms with Gasteiger partial charge in [-0.25, -0.2) is 4.98 Å². The van der Waals surface area contributed by atoms with E-state index in [4.69, 9.17) is 9.15 Å². The Morgan fingerprint density at radius 1 is 1.35 bits per heavy atom. The zero-order chi connectivity index (χ0) is 18.8. The van der Waals surface area contributed by atoms with E-state index in [1.54, 1.807) is 18.2 Å². The van der Waals surface area contributed by atoms with Crippen LogP contribution in [0.1, 0.15) is 47.5 Å². The van der Waals surface area contributed by atoms with Crippen LogP contribution in [0.15, 0.2) is 28.9 Å². The molecule has 26 heavy (non-hydrogen) atoms. The number of rotatable bonds is 5. The van der Waals surface area contributed by atoms with Crippen LogP contribution in [0, 0.1) is 0 Å². The van der Waals surface area contributed by atoms with Crippen LogP contribution in [0.3, 0.4) is 0 Å². The molecular weight excluding hydrogens is 338 g/mol. The number of Topliss-reactive ketones (excluding diaryl/α,β-unsaturated/α-hetero) is 1. The van der Waals surface area contributed by atoms with E-state index in [9.17, 15) is 14.4 Å². The van der Waals surface area contributed by atoms with Gasteiger partial charge < -0.3 is 14.5 Å². The van der Waals surface area contributed by atoms with E-state index >= 15 is 0 Å². The first kappa shape index (κ1) is 17.7. The Kier molecular flexibility index (Phi) is 4.75. The lowest BCUT2D eigenvalue weighted by Gasteiger charge is -2.28. The van der Waals surface area contributed by atoms with Gasteiger partial charge in [-0.05, 0) is 39.0 Å². The monoisotopic (exact) mass is 357 g/mol. The average molecular weight is 357 g/mol. The zero-order valence-electron chi connectivity index (χ0n) is 14.7. The smallest absolute Gasteiger partial charge is 0.273 e. The minimum atomic E-state index is -0.345. The second-order valence-corrected chi connectivity index (χ2v) is 6.26. The van der Waals surface area contributed by atoms with Crippen molar-refractivity contribution in [3.8, 4) is 5.75 Å². The minimum Gasteiger partial charge on any atom is -0.482 e. The fourth-order valence-corrected chi connectivity index (χ4v) is 2.55. The number of oxazole rings is 1. The molecule has 1 aliphatic heterocycles. The van der Waals surface area contributed by atoms with E-state index < -0.39 is 0 Å². The molecule has 1 aromatic carbocycles. The number of carbonyl (C=O) groups excluding carboxylic acids is 3. The summed E-state index contributed by atoms with van der Waals surface area (Å²) in [6.07, 6.45) is 1.25. The molecule has 0 spiro atoms. The van der Waals surface area contributed by atoms with E-state index in [1.807, 2.05) is 13.8 Å². The number of nitrogens with zero attached hydrogens (tertiary/aromatic N) is 2. The standard InChI is InChI=1S/C18H19N3O5/c1-10(2)19-18(24)13-8-26-16(20-13)7-21-14-6-12(11(3)22)4-5-15(14)25-9-17(21)23/h4-6,8,10H,7,9H2,1-3H3,(H,19,24). The number of nitrogens with one attached hydrogen (secondary N) is 1. The number of benzene rings is 1. The van der Waals surface area contributed by atoms with Crippen molar-refractivity contribution in [1.29, 1.82) is 0 Å². The van der Waals surface area contributed by atoms with Crippen LogP contribution in [-0.4, -0.2) is 35.2 Å². The first-order valence-corrected chi connectivity index (χ1v) is 8.18. The van der Waals surface area contributed by atoms with E-state index in [-0.39, 0.29) is 48.4 Å². The van der Waals surface area contributed by atoms with Gasteiger partial charge in [-0.15, -0.1) is 0 Å². The second-order valence-electron chi connectivity index (χ2n) is 6.26. The van der Waals surface area contributed by atoms with Gasteiger partial charge in [0.05, 0.1) is 5.69 Å². The summed E-state index contributed by atoms with van der Waals surface area (Å²) >= 11 is 0. The molecule has 2 heterocycles. The predicted molar refractivity (Wildman–Crippen MR) is 92.2 cm³/mol. The lowest BCUT2D eigenvalue weighted by atomic mass is 10.1. The zero-order valence-corrected chi connectivity index (χ0v) is 14.7. The number of hydrogen-bond acceptors (Lipinski definition) is 6. The van der Waals surface area contributed by atoms with Gasteiger partial charge in [0.2, 0.25) is 5.89 Å². The normalized spacial score (nSPS) is 13.4. The number of amides is 2. The third-order valence-electron chi connectivity index (χ3n) is 3.81. The second kappa shape index (κ2) is 6.99. The number of aromatic nitrogens is 1. The molecule has 0 saturated heterocycles. The van der Waals surface area contributed by atoms with Crippen LogP contribution in [-0.2, 0) is 11.3 Å². The fraction of sp³-hybridized carbons (Fsp3) is 0.333. The van der Waals surface area contributed by atoms with E-state index in [0.29, 0.717) is 17.0 Å². The van der Waals surface area contributed by atoms with Crippen LogP contribution >= 0.6 is 0 Å². The Morgan fingerprint density at radius 3 is 2.81 bits per heavy atom. The van der Waals surface area contributed by atoms with Crippen molar-refractivity contribution < 1.29 is 23.5 Å². The number of carbonyl (C=O) groups is 3. The third kappa shape index (κ3) is 3.58. The molecule has 8 heteroatoms. The minimum absolute atomic E-state index is 0.0275. The van der Waals surface area contributed by atoms with Crippen molar-refractivity contribution >= 4 is 23.3 Å². The highest BCUT2D eigenvalue weighted by Crippen LogP contribution is 2.34. The fourth-order valence-electron chi connectivity index (χ4n) is 2.55. The molecule has 0 fully saturated rings. The lowest BCUT2D eigenvalue weighted by Crippen LogP contribution is -2.38. The molecule has 0 bridgehead atoms. The first-order chi connectivity index (χ1) is 12.3. The van der Waals surface area contributed by atoms with Crippen LogP contribution < -0.4 is 15.0 Å². The average Bonchev–Trinajstić information content (AvgIpc) is 3.05. The van der Waals surface area contributed by atoms with E-state index in [1.165, 1.54) is 18.1 Å². The molecular formula is C18H19N3O5. The Labute approximate surface area is 150 Å². The van der Waals surface area contributed by atoms with Crippen LogP contribution in [0.2, 0.25) is 0 Å². The molecule has 2 aromatic rings. The maximum Gasteiger partial charge on any atom is 0.273 e. The molecule has 8 nitrogen and oxygen atoms in total. The Bertz CT molecular complexity index is 871.